The highest BCUT2D eigenvalue weighted by atomic mass is 35.5. The van der Waals surface area contributed by atoms with Crippen LogP contribution < -0.4 is 10.1 Å². The number of nitrogens with one attached hydrogen (secondary N) is 1. The minimum absolute atomic E-state index is 0. The van der Waals surface area contributed by atoms with Crippen molar-refractivity contribution >= 4 is 24.8 Å². The Hall–Kier alpha value is -1.26. The summed E-state index contributed by atoms with van der Waals surface area (Å²) in [5.74, 6) is 1.70. The number of halogens is 2. The summed E-state index contributed by atoms with van der Waals surface area (Å²) in [6.07, 6.45) is 2.46. The van der Waals surface area contributed by atoms with Crippen molar-refractivity contribution in [2.45, 2.75) is 39.3 Å². The molecule has 0 amide bonds. The molecule has 2 aromatic rings. The summed E-state index contributed by atoms with van der Waals surface area (Å²) in [6, 6.07) is 19.6. The van der Waals surface area contributed by atoms with Crippen LogP contribution in [0.5, 0.6) is 5.75 Å². The molecule has 5 heteroatoms. The molecule has 1 aliphatic heterocycles. The Morgan fingerprint density at radius 2 is 1.64 bits per heavy atom. The van der Waals surface area contributed by atoms with Gasteiger partial charge in [-0.2, -0.15) is 0 Å². The summed E-state index contributed by atoms with van der Waals surface area (Å²) in [6.45, 7) is 9.66. The lowest BCUT2D eigenvalue weighted by Crippen LogP contribution is -2.45. The average Bonchev–Trinajstić information content (AvgIpc) is 2.68. The van der Waals surface area contributed by atoms with Crippen molar-refractivity contribution in [2.24, 2.45) is 5.92 Å². The highest BCUT2D eigenvalue weighted by Gasteiger charge is 2.22. The topological polar surface area (TPSA) is 24.5 Å². The van der Waals surface area contributed by atoms with Gasteiger partial charge in [0, 0.05) is 32.2 Å². The molecule has 28 heavy (non-hydrogen) atoms. The van der Waals surface area contributed by atoms with E-state index in [0.29, 0.717) is 12.6 Å². The largest absolute Gasteiger partial charge is 0.489 e. The van der Waals surface area contributed by atoms with Gasteiger partial charge in [-0.25, -0.2) is 0 Å². The predicted octanol–water partition coefficient (Wildman–Crippen LogP) is 5.49. The molecule has 1 aliphatic rings. The zero-order chi connectivity index (χ0) is 18.2. The molecule has 1 atom stereocenters. The van der Waals surface area contributed by atoms with E-state index >= 15 is 0 Å². The van der Waals surface area contributed by atoms with E-state index in [-0.39, 0.29) is 24.8 Å². The number of nitrogens with zero attached hydrogens (tertiary/aromatic N) is 1. The Labute approximate surface area is 182 Å². The van der Waals surface area contributed by atoms with Gasteiger partial charge < -0.3 is 10.1 Å². The van der Waals surface area contributed by atoms with Crippen LogP contribution in [-0.4, -0.2) is 31.1 Å². The molecule has 156 valence electrons. The van der Waals surface area contributed by atoms with Crippen LogP contribution in [0.15, 0.2) is 54.6 Å². The van der Waals surface area contributed by atoms with Gasteiger partial charge in [0.15, 0.2) is 0 Å². The molecule has 0 aromatic heterocycles. The smallest absolute Gasteiger partial charge is 0.120 e. The molecule has 3 rings (SSSR count). The molecule has 1 fully saturated rings. The quantitative estimate of drug-likeness (QED) is 0.605. The van der Waals surface area contributed by atoms with Gasteiger partial charge in [0.25, 0.3) is 0 Å². The fourth-order valence-electron chi connectivity index (χ4n) is 3.60. The lowest BCUT2D eigenvalue weighted by molar-refractivity contribution is 0.159. The van der Waals surface area contributed by atoms with Gasteiger partial charge in [-0.3, -0.25) is 4.90 Å². The number of benzene rings is 2. The van der Waals surface area contributed by atoms with Gasteiger partial charge >= 0.3 is 0 Å². The van der Waals surface area contributed by atoms with Crippen molar-refractivity contribution in [2.75, 3.05) is 26.2 Å². The number of hydrogen-bond acceptors (Lipinski definition) is 3. The Morgan fingerprint density at radius 3 is 2.32 bits per heavy atom. The first-order valence-electron chi connectivity index (χ1n) is 9.94. The number of ether oxygens (including phenoxy) is 1. The van der Waals surface area contributed by atoms with Crippen LogP contribution in [0.4, 0.5) is 0 Å². The number of piperazine rings is 1. The van der Waals surface area contributed by atoms with E-state index in [1.165, 1.54) is 24.0 Å². The third-order valence-corrected chi connectivity index (χ3v) is 5.10. The molecule has 0 unspecified atom stereocenters. The predicted molar refractivity (Wildman–Crippen MR) is 123 cm³/mol. The first-order valence-corrected chi connectivity index (χ1v) is 9.94. The van der Waals surface area contributed by atoms with Gasteiger partial charge in [0.05, 0.1) is 0 Å². The third kappa shape index (κ3) is 7.63. The normalized spacial score (nSPS) is 15.4. The SMILES string of the molecule is CC(C)CC[C@H](c1cccc(OCc2ccccc2)c1)N1CCNCC1.Cl.Cl. The van der Waals surface area contributed by atoms with Gasteiger partial charge in [0.1, 0.15) is 12.4 Å². The van der Waals surface area contributed by atoms with Gasteiger partial charge in [-0.15, -0.1) is 24.8 Å². The summed E-state index contributed by atoms with van der Waals surface area (Å²) in [7, 11) is 0. The van der Waals surface area contributed by atoms with E-state index in [1.54, 1.807) is 0 Å². The van der Waals surface area contributed by atoms with Crippen molar-refractivity contribution in [3.8, 4) is 5.75 Å². The molecule has 1 heterocycles. The Bertz CT molecular complexity index is 661. The molecule has 0 aliphatic carbocycles. The fourth-order valence-corrected chi connectivity index (χ4v) is 3.60. The first kappa shape index (κ1) is 24.8. The molecule has 1 saturated heterocycles. The number of rotatable bonds is 8. The standard InChI is InChI=1S/C23H32N2O.2ClH/c1-19(2)11-12-23(25-15-13-24-14-16-25)21-9-6-10-22(17-21)26-18-20-7-4-3-5-8-20;;/h3-10,17,19,23-24H,11-16,18H2,1-2H3;2*1H/t23-;;/m1../s1. The van der Waals surface area contributed by atoms with Gasteiger partial charge in [-0.1, -0.05) is 56.3 Å². The van der Waals surface area contributed by atoms with E-state index in [2.05, 4.69) is 72.6 Å². The summed E-state index contributed by atoms with van der Waals surface area (Å²) in [5, 5.41) is 3.47. The second-order valence-corrected chi connectivity index (χ2v) is 7.62. The highest BCUT2D eigenvalue weighted by Crippen LogP contribution is 2.30. The summed E-state index contributed by atoms with van der Waals surface area (Å²) < 4.78 is 6.06. The fraction of sp³-hybridized carbons (Fsp3) is 0.478. The van der Waals surface area contributed by atoms with E-state index in [1.807, 2.05) is 6.07 Å². The van der Waals surface area contributed by atoms with Gasteiger partial charge in [0.2, 0.25) is 0 Å². The molecule has 3 nitrogen and oxygen atoms in total. The van der Waals surface area contributed by atoms with Crippen LogP contribution in [0.3, 0.4) is 0 Å². The van der Waals surface area contributed by atoms with Crippen molar-refractivity contribution in [3.05, 3.63) is 65.7 Å². The van der Waals surface area contributed by atoms with Crippen molar-refractivity contribution in [3.63, 3.8) is 0 Å². The molecular formula is C23H34Cl2N2O. The summed E-state index contributed by atoms with van der Waals surface area (Å²) >= 11 is 0. The van der Waals surface area contributed by atoms with E-state index in [9.17, 15) is 0 Å². The average molecular weight is 425 g/mol. The van der Waals surface area contributed by atoms with Gasteiger partial charge in [-0.05, 0) is 42.0 Å². The Balaban J connectivity index is 0.00000196. The Morgan fingerprint density at radius 1 is 0.929 bits per heavy atom. The van der Waals surface area contributed by atoms with Crippen LogP contribution in [0.25, 0.3) is 0 Å². The molecule has 0 radical (unpaired) electrons. The molecule has 2 aromatic carbocycles. The molecule has 0 bridgehead atoms. The molecule has 0 saturated carbocycles. The molecule has 0 spiro atoms. The van der Waals surface area contributed by atoms with E-state index in [0.717, 1.165) is 37.8 Å². The van der Waals surface area contributed by atoms with Crippen LogP contribution in [0.2, 0.25) is 0 Å². The van der Waals surface area contributed by atoms with Crippen molar-refractivity contribution in [1.29, 1.82) is 0 Å². The van der Waals surface area contributed by atoms with Crippen molar-refractivity contribution in [1.82, 2.24) is 10.2 Å². The maximum atomic E-state index is 6.06. The maximum absolute atomic E-state index is 6.06. The lowest BCUT2D eigenvalue weighted by Gasteiger charge is -2.35. The van der Waals surface area contributed by atoms with Crippen LogP contribution in [-0.2, 0) is 6.61 Å². The zero-order valence-electron chi connectivity index (χ0n) is 17.0. The van der Waals surface area contributed by atoms with Crippen LogP contribution in [0, 0.1) is 5.92 Å². The van der Waals surface area contributed by atoms with Crippen LogP contribution >= 0.6 is 24.8 Å². The van der Waals surface area contributed by atoms with Crippen molar-refractivity contribution < 1.29 is 4.74 Å². The van der Waals surface area contributed by atoms with Crippen LogP contribution in [0.1, 0.15) is 43.9 Å². The number of hydrogen-bond donors (Lipinski definition) is 1. The second-order valence-electron chi connectivity index (χ2n) is 7.62. The molecular weight excluding hydrogens is 391 g/mol. The zero-order valence-corrected chi connectivity index (χ0v) is 18.6. The highest BCUT2D eigenvalue weighted by molar-refractivity contribution is 5.85. The first-order chi connectivity index (χ1) is 12.7. The monoisotopic (exact) mass is 424 g/mol. The minimum Gasteiger partial charge on any atom is -0.489 e. The summed E-state index contributed by atoms with van der Waals surface area (Å²) in [4.78, 5) is 2.63. The third-order valence-electron chi connectivity index (χ3n) is 5.10. The maximum Gasteiger partial charge on any atom is 0.120 e. The second kappa shape index (κ2) is 13.1. The molecule has 1 N–H and O–H groups in total. The van der Waals surface area contributed by atoms with E-state index in [4.69, 9.17) is 4.74 Å². The lowest BCUT2D eigenvalue weighted by atomic mass is 9.95. The minimum atomic E-state index is 0. The Kier molecular flexibility index (Phi) is 11.6. The summed E-state index contributed by atoms with van der Waals surface area (Å²) in [5.41, 5.74) is 2.59. The van der Waals surface area contributed by atoms with E-state index < -0.39 is 0 Å².